The molecule has 0 amide bonds. The molecule has 0 aliphatic carbocycles. The Balaban J connectivity index is 5.33. The van der Waals surface area contributed by atoms with Gasteiger partial charge in [0.25, 0.3) is 0 Å². The van der Waals surface area contributed by atoms with E-state index in [2.05, 4.69) is 0 Å². The van der Waals surface area contributed by atoms with Crippen LogP contribution in [0.2, 0.25) is 0 Å². The second-order valence-electron chi connectivity index (χ2n) is 2.71. The van der Waals surface area contributed by atoms with Gasteiger partial charge in [-0.05, 0) is 15.9 Å². The Bertz CT molecular complexity index is 304. The number of alkyl halides is 12. The quantitative estimate of drug-likeness (QED) is 0.454. The zero-order valence-corrected chi connectivity index (χ0v) is 10.6. The average molecular weight is 426 g/mol. The first-order valence-corrected chi connectivity index (χ1v) is 5.01. The van der Waals surface area contributed by atoms with Crippen LogP contribution < -0.4 is 0 Å². The summed E-state index contributed by atoms with van der Waals surface area (Å²) in [5, 5.41) is 0. The molecule has 0 rings (SSSR count). The summed E-state index contributed by atoms with van der Waals surface area (Å²) in [4.78, 5) is -11.1. The molecule has 0 spiro atoms. The standard InChI is InChI=1S/C5Br2F10O/c6-2(10,11)1(8,9)4(14,15)18-5(16,17)3(7,12)13. The van der Waals surface area contributed by atoms with Crippen LogP contribution in [0.3, 0.4) is 0 Å². The molecule has 0 aromatic heterocycles. The Kier molecular flexibility index (Phi) is 4.70. The van der Waals surface area contributed by atoms with Crippen molar-refractivity contribution < 1.29 is 48.6 Å². The number of rotatable bonds is 5. The van der Waals surface area contributed by atoms with E-state index in [0.717, 1.165) is 31.9 Å². The van der Waals surface area contributed by atoms with Crippen molar-refractivity contribution in [3.05, 3.63) is 0 Å². The highest BCUT2D eigenvalue weighted by atomic mass is 79.9. The lowest BCUT2D eigenvalue weighted by Gasteiger charge is -2.32. The minimum Gasteiger partial charge on any atom is -0.245 e. The van der Waals surface area contributed by atoms with Gasteiger partial charge >= 0.3 is 27.8 Å². The van der Waals surface area contributed by atoms with Crippen molar-refractivity contribution in [3.8, 4) is 0 Å². The van der Waals surface area contributed by atoms with Crippen LogP contribution in [-0.4, -0.2) is 27.8 Å². The van der Waals surface area contributed by atoms with E-state index in [4.69, 9.17) is 0 Å². The van der Waals surface area contributed by atoms with Crippen molar-refractivity contribution in [2.24, 2.45) is 0 Å². The van der Waals surface area contributed by atoms with Gasteiger partial charge in [-0.3, -0.25) is 0 Å². The average Bonchev–Trinajstić information content (AvgIpc) is 1.96. The second kappa shape index (κ2) is 4.65. The molecule has 0 saturated heterocycles. The van der Waals surface area contributed by atoms with E-state index in [0.29, 0.717) is 0 Å². The van der Waals surface area contributed by atoms with Gasteiger partial charge in [0.15, 0.2) is 0 Å². The van der Waals surface area contributed by atoms with Gasteiger partial charge in [0.05, 0.1) is 0 Å². The zero-order valence-electron chi connectivity index (χ0n) is 7.44. The molecule has 1 nitrogen and oxygen atoms in total. The number of ether oxygens (including phenoxy) is 1. The smallest absolute Gasteiger partial charge is 0.245 e. The summed E-state index contributed by atoms with van der Waals surface area (Å²) in [5.74, 6) is -6.50. The van der Waals surface area contributed by atoms with E-state index in [-0.39, 0.29) is 0 Å². The maximum absolute atomic E-state index is 12.4. The van der Waals surface area contributed by atoms with Crippen molar-refractivity contribution >= 4 is 31.9 Å². The molecule has 0 N–H and O–H groups in total. The van der Waals surface area contributed by atoms with Crippen LogP contribution >= 0.6 is 31.9 Å². The minimum absolute atomic E-state index is 0.806. The molecule has 0 aliphatic rings. The summed E-state index contributed by atoms with van der Waals surface area (Å²) in [6.45, 7) is 0. The molecule has 0 saturated carbocycles. The molecule has 0 bridgehead atoms. The van der Waals surface area contributed by atoms with E-state index in [1.807, 2.05) is 4.74 Å². The van der Waals surface area contributed by atoms with Crippen molar-refractivity contribution in [1.29, 1.82) is 0 Å². The van der Waals surface area contributed by atoms with Crippen LogP contribution in [0, 0.1) is 0 Å². The molecule has 0 radical (unpaired) electrons. The fourth-order valence-corrected chi connectivity index (χ4v) is 0.760. The summed E-state index contributed by atoms with van der Waals surface area (Å²) < 4.78 is 124. The Morgan fingerprint density at radius 1 is 0.556 bits per heavy atom. The van der Waals surface area contributed by atoms with Crippen LogP contribution in [0.5, 0.6) is 0 Å². The first kappa shape index (κ1) is 18.2. The third-order valence-electron chi connectivity index (χ3n) is 1.31. The molecule has 0 unspecified atom stereocenters. The van der Waals surface area contributed by atoms with Crippen LogP contribution in [0.15, 0.2) is 0 Å². The molecule has 13 heteroatoms. The molecule has 0 aromatic rings. The summed E-state index contributed by atoms with van der Waals surface area (Å²) in [5.41, 5.74) is 0. The maximum atomic E-state index is 12.4. The van der Waals surface area contributed by atoms with Gasteiger partial charge in [-0.2, -0.15) is 43.9 Å². The van der Waals surface area contributed by atoms with Crippen molar-refractivity contribution in [2.45, 2.75) is 27.8 Å². The molecular weight excluding hydrogens is 426 g/mol. The predicted molar refractivity (Wildman–Crippen MR) is 43.7 cm³/mol. The van der Waals surface area contributed by atoms with Gasteiger partial charge in [0, 0.05) is 15.9 Å². The van der Waals surface area contributed by atoms with Crippen LogP contribution in [0.25, 0.3) is 0 Å². The lowest BCUT2D eigenvalue weighted by atomic mass is 10.3. The Morgan fingerprint density at radius 2 is 0.889 bits per heavy atom. The topological polar surface area (TPSA) is 9.23 Å². The third kappa shape index (κ3) is 3.40. The predicted octanol–water partition coefficient (Wildman–Crippen LogP) is 4.80. The Hall–Kier alpha value is 0.220. The van der Waals surface area contributed by atoms with Gasteiger partial charge in [-0.25, -0.2) is 4.74 Å². The summed E-state index contributed by atoms with van der Waals surface area (Å²) in [7, 11) is 0. The summed E-state index contributed by atoms with van der Waals surface area (Å²) in [6, 6.07) is 0. The van der Waals surface area contributed by atoms with Crippen LogP contribution in [-0.2, 0) is 4.74 Å². The van der Waals surface area contributed by atoms with E-state index in [1.165, 1.54) is 0 Å². The molecule has 0 atom stereocenters. The largest absolute Gasteiger partial charge is 0.434 e. The van der Waals surface area contributed by atoms with Gasteiger partial charge in [0.1, 0.15) is 0 Å². The molecule has 110 valence electrons. The van der Waals surface area contributed by atoms with Crippen molar-refractivity contribution in [1.82, 2.24) is 0 Å². The first-order valence-electron chi connectivity index (χ1n) is 3.43. The van der Waals surface area contributed by atoms with E-state index < -0.39 is 27.8 Å². The highest BCUT2D eigenvalue weighted by Gasteiger charge is 2.76. The summed E-state index contributed by atoms with van der Waals surface area (Å²) >= 11 is 1.69. The van der Waals surface area contributed by atoms with E-state index in [1.54, 1.807) is 0 Å². The fourth-order valence-electron chi connectivity index (χ4n) is 0.448. The van der Waals surface area contributed by atoms with Gasteiger partial charge in [-0.15, -0.1) is 0 Å². The van der Waals surface area contributed by atoms with Gasteiger partial charge < -0.3 is 0 Å². The zero-order chi connectivity index (χ0) is 15.2. The molecule has 0 aromatic carbocycles. The molecule has 0 aliphatic heterocycles. The minimum atomic E-state index is -6.57. The number of hydrogen-bond acceptors (Lipinski definition) is 1. The first-order chi connectivity index (χ1) is 7.46. The number of hydrogen-bond donors (Lipinski definition) is 0. The SMILES string of the molecule is FC(F)(Br)C(F)(F)OC(F)(F)C(F)(F)C(F)(F)Br. The van der Waals surface area contributed by atoms with Gasteiger partial charge in [0.2, 0.25) is 0 Å². The maximum Gasteiger partial charge on any atom is 0.434 e. The lowest BCUT2D eigenvalue weighted by Crippen LogP contribution is -2.57. The van der Waals surface area contributed by atoms with E-state index in [9.17, 15) is 43.9 Å². The highest BCUT2D eigenvalue weighted by Crippen LogP contribution is 2.53. The highest BCUT2D eigenvalue weighted by molar-refractivity contribution is 9.10. The Morgan fingerprint density at radius 3 is 1.11 bits per heavy atom. The van der Waals surface area contributed by atoms with Crippen LogP contribution in [0.4, 0.5) is 43.9 Å². The van der Waals surface area contributed by atoms with Crippen LogP contribution in [0.1, 0.15) is 0 Å². The molecule has 0 heterocycles. The second-order valence-corrected chi connectivity index (χ2v) is 4.70. The monoisotopic (exact) mass is 424 g/mol. The lowest BCUT2D eigenvalue weighted by molar-refractivity contribution is -0.466. The molecule has 0 fully saturated rings. The summed E-state index contributed by atoms with van der Waals surface area (Å²) in [6.07, 6.45) is -12.7. The van der Waals surface area contributed by atoms with Crippen molar-refractivity contribution in [3.63, 3.8) is 0 Å². The normalized spacial score (nSPS) is 16.0. The fraction of sp³-hybridized carbons (Fsp3) is 1.00. The van der Waals surface area contributed by atoms with Crippen molar-refractivity contribution in [2.75, 3.05) is 0 Å². The molecular formula is C5Br2F10O. The molecule has 18 heavy (non-hydrogen) atoms. The number of halogens is 12. The van der Waals surface area contributed by atoms with E-state index >= 15 is 0 Å². The van der Waals surface area contributed by atoms with Gasteiger partial charge in [-0.1, -0.05) is 0 Å². The Labute approximate surface area is 109 Å². The third-order valence-corrected chi connectivity index (χ3v) is 2.27.